The van der Waals surface area contributed by atoms with Gasteiger partial charge in [-0.05, 0) is 38.5 Å². The summed E-state index contributed by atoms with van der Waals surface area (Å²) in [6.07, 6.45) is 5.10. The number of halogens is 1. The SMILES string of the molecule is C[C@](NC(=O)c1nc(N2CCCC2)ncc1Cl)(C(=O)O)C1CC1. The van der Waals surface area contributed by atoms with Gasteiger partial charge in [-0.15, -0.1) is 0 Å². The van der Waals surface area contributed by atoms with Gasteiger partial charge in [0.1, 0.15) is 5.54 Å². The number of amides is 1. The van der Waals surface area contributed by atoms with Crippen molar-refractivity contribution in [2.24, 2.45) is 5.92 Å². The molecule has 1 saturated carbocycles. The van der Waals surface area contributed by atoms with E-state index in [1.807, 2.05) is 4.90 Å². The van der Waals surface area contributed by atoms with E-state index in [9.17, 15) is 14.7 Å². The summed E-state index contributed by atoms with van der Waals surface area (Å²) in [6, 6.07) is 0. The molecule has 0 spiro atoms. The number of carboxylic acid groups (broad SMARTS) is 1. The highest BCUT2D eigenvalue weighted by Crippen LogP contribution is 2.40. The number of aliphatic carboxylic acids is 1. The number of aromatic nitrogens is 2. The fraction of sp³-hybridized carbons (Fsp3) is 0.600. The Hall–Kier alpha value is -1.89. The average Bonchev–Trinajstić information content (AvgIpc) is 3.23. The third kappa shape index (κ3) is 3.10. The van der Waals surface area contributed by atoms with Crippen LogP contribution in [0.15, 0.2) is 6.20 Å². The zero-order chi connectivity index (χ0) is 16.6. The summed E-state index contributed by atoms with van der Waals surface area (Å²) >= 11 is 6.05. The van der Waals surface area contributed by atoms with E-state index < -0.39 is 17.4 Å². The Balaban J connectivity index is 1.83. The molecule has 2 heterocycles. The van der Waals surface area contributed by atoms with Crippen LogP contribution < -0.4 is 10.2 Å². The quantitative estimate of drug-likeness (QED) is 0.848. The van der Waals surface area contributed by atoms with Crippen molar-refractivity contribution in [1.29, 1.82) is 0 Å². The van der Waals surface area contributed by atoms with Crippen LogP contribution in [0.4, 0.5) is 5.95 Å². The molecule has 0 radical (unpaired) electrons. The van der Waals surface area contributed by atoms with Gasteiger partial charge in [0.05, 0.1) is 11.2 Å². The lowest BCUT2D eigenvalue weighted by Crippen LogP contribution is -2.54. The standard InChI is InChI=1S/C15H19ClN4O3/c1-15(13(22)23,9-4-5-9)19-12(21)11-10(16)8-17-14(18-11)20-6-2-3-7-20/h8-9H,2-7H2,1H3,(H,19,21)(H,22,23)/t15-/m1/s1. The summed E-state index contributed by atoms with van der Waals surface area (Å²) in [5.74, 6) is -1.21. The van der Waals surface area contributed by atoms with Crippen molar-refractivity contribution in [2.75, 3.05) is 18.0 Å². The molecule has 0 unspecified atom stereocenters. The number of carbonyl (C=O) groups is 2. The van der Waals surface area contributed by atoms with Crippen LogP contribution in [0.1, 0.15) is 43.1 Å². The van der Waals surface area contributed by atoms with Gasteiger partial charge in [0, 0.05) is 13.1 Å². The normalized spacial score (nSPS) is 20.2. The van der Waals surface area contributed by atoms with Crippen molar-refractivity contribution in [3.05, 3.63) is 16.9 Å². The fourth-order valence-corrected chi connectivity index (χ4v) is 3.05. The van der Waals surface area contributed by atoms with Crippen molar-refractivity contribution in [3.63, 3.8) is 0 Å². The lowest BCUT2D eigenvalue weighted by atomic mass is 9.96. The number of carboxylic acids is 1. The molecule has 2 N–H and O–H groups in total. The van der Waals surface area contributed by atoms with Gasteiger partial charge in [0.25, 0.3) is 5.91 Å². The van der Waals surface area contributed by atoms with Crippen LogP contribution >= 0.6 is 11.6 Å². The summed E-state index contributed by atoms with van der Waals surface area (Å²) in [5, 5.41) is 12.2. The molecule has 1 amide bonds. The Bertz CT molecular complexity index is 644. The van der Waals surface area contributed by atoms with Crippen molar-refractivity contribution < 1.29 is 14.7 Å². The van der Waals surface area contributed by atoms with Gasteiger partial charge in [-0.1, -0.05) is 11.6 Å². The molecule has 23 heavy (non-hydrogen) atoms. The number of carbonyl (C=O) groups excluding carboxylic acids is 1. The van der Waals surface area contributed by atoms with Crippen LogP contribution in [0, 0.1) is 5.92 Å². The van der Waals surface area contributed by atoms with Gasteiger partial charge in [-0.3, -0.25) is 4.79 Å². The number of hydrogen-bond donors (Lipinski definition) is 2. The number of nitrogens with zero attached hydrogens (tertiary/aromatic N) is 3. The Morgan fingerprint density at radius 3 is 2.61 bits per heavy atom. The smallest absolute Gasteiger partial charge is 0.329 e. The van der Waals surface area contributed by atoms with Gasteiger partial charge < -0.3 is 15.3 Å². The maximum Gasteiger partial charge on any atom is 0.329 e. The summed E-state index contributed by atoms with van der Waals surface area (Å²) < 4.78 is 0. The molecule has 1 aromatic rings. The van der Waals surface area contributed by atoms with Gasteiger partial charge in [0.2, 0.25) is 5.95 Å². The number of anilines is 1. The summed E-state index contributed by atoms with van der Waals surface area (Å²) in [5.41, 5.74) is -1.27. The minimum absolute atomic E-state index is 0.0247. The Morgan fingerprint density at radius 2 is 2.04 bits per heavy atom. The molecule has 1 saturated heterocycles. The lowest BCUT2D eigenvalue weighted by Gasteiger charge is -2.26. The second-order valence-corrected chi connectivity index (χ2v) is 6.70. The molecular weight excluding hydrogens is 320 g/mol. The Labute approximate surface area is 139 Å². The first kappa shape index (κ1) is 16.0. The van der Waals surface area contributed by atoms with E-state index in [4.69, 9.17) is 11.6 Å². The first-order valence-corrected chi connectivity index (χ1v) is 8.13. The van der Waals surface area contributed by atoms with Crippen LogP contribution in [0.25, 0.3) is 0 Å². The second kappa shape index (κ2) is 5.96. The van der Waals surface area contributed by atoms with Crippen LogP contribution in [-0.2, 0) is 4.79 Å². The summed E-state index contributed by atoms with van der Waals surface area (Å²) in [6.45, 7) is 3.22. The largest absolute Gasteiger partial charge is 0.480 e. The van der Waals surface area contributed by atoms with E-state index in [1.54, 1.807) is 0 Å². The molecule has 2 aliphatic rings. The van der Waals surface area contributed by atoms with Gasteiger partial charge in [-0.2, -0.15) is 0 Å². The second-order valence-electron chi connectivity index (χ2n) is 6.30. The molecule has 8 heteroatoms. The molecule has 124 valence electrons. The van der Waals surface area contributed by atoms with Crippen LogP contribution in [-0.4, -0.2) is 45.6 Å². The minimum Gasteiger partial charge on any atom is -0.480 e. The predicted molar refractivity (Wildman–Crippen MR) is 84.7 cm³/mol. The molecule has 1 aromatic heterocycles. The van der Waals surface area contributed by atoms with E-state index in [0.717, 1.165) is 38.8 Å². The lowest BCUT2D eigenvalue weighted by molar-refractivity contribution is -0.144. The van der Waals surface area contributed by atoms with Crippen molar-refractivity contribution in [2.45, 2.75) is 38.1 Å². The highest BCUT2D eigenvalue weighted by atomic mass is 35.5. The molecule has 7 nitrogen and oxygen atoms in total. The van der Waals surface area contributed by atoms with E-state index in [1.165, 1.54) is 13.1 Å². The fourth-order valence-electron chi connectivity index (χ4n) is 2.87. The van der Waals surface area contributed by atoms with Gasteiger partial charge in [-0.25, -0.2) is 14.8 Å². The number of rotatable bonds is 5. The Morgan fingerprint density at radius 1 is 1.39 bits per heavy atom. The average molecular weight is 339 g/mol. The van der Waals surface area contributed by atoms with Crippen molar-refractivity contribution >= 4 is 29.4 Å². The summed E-state index contributed by atoms with van der Waals surface area (Å²) in [7, 11) is 0. The third-order valence-corrected chi connectivity index (χ3v) is 4.82. The van der Waals surface area contributed by atoms with E-state index in [2.05, 4.69) is 15.3 Å². The van der Waals surface area contributed by atoms with Crippen LogP contribution in [0.5, 0.6) is 0 Å². The van der Waals surface area contributed by atoms with E-state index in [-0.39, 0.29) is 16.6 Å². The highest BCUT2D eigenvalue weighted by molar-refractivity contribution is 6.33. The molecule has 2 fully saturated rings. The number of hydrogen-bond acceptors (Lipinski definition) is 5. The number of nitrogens with one attached hydrogen (secondary N) is 1. The van der Waals surface area contributed by atoms with Gasteiger partial charge >= 0.3 is 5.97 Å². The molecule has 1 atom stereocenters. The molecule has 1 aliphatic heterocycles. The first-order chi connectivity index (χ1) is 10.9. The first-order valence-electron chi connectivity index (χ1n) is 7.75. The van der Waals surface area contributed by atoms with E-state index >= 15 is 0 Å². The van der Waals surface area contributed by atoms with Crippen LogP contribution in [0.2, 0.25) is 5.02 Å². The Kier molecular flexibility index (Phi) is 4.14. The third-order valence-electron chi connectivity index (χ3n) is 4.55. The zero-order valence-corrected chi connectivity index (χ0v) is 13.6. The van der Waals surface area contributed by atoms with Crippen molar-refractivity contribution in [3.8, 4) is 0 Å². The summed E-state index contributed by atoms with van der Waals surface area (Å²) in [4.78, 5) is 34.5. The zero-order valence-electron chi connectivity index (χ0n) is 12.9. The molecular formula is C15H19ClN4O3. The molecule has 1 aliphatic carbocycles. The highest BCUT2D eigenvalue weighted by Gasteiger charge is 2.49. The topological polar surface area (TPSA) is 95.4 Å². The molecule has 3 rings (SSSR count). The van der Waals surface area contributed by atoms with E-state index in [0.29, 0.717) is 5.95 Å². The van der Waals surface area contributed by atoms with Gasteiger partial charge in [0.15, 0.2) is 5.69 Å². The predicted octanol–water partition coefficient (Wildman–Crippen LogP) is 1.71. The van der Waals surface area contributed by atoms with Crippen molar-refractivity contribution in [1.82, 2.24) is 15.3 Å². The van der Waals surface area contributed by atoms with Crippen LogP contribution in [0.3, 0.4) is 0 Å². The maximum absolute atomic E-state index is 12.5. The monoisotopic (exact) mass is 338 g/mol. The molecule has 0 bridgehead atoms. The maximum atomic E-state index is 12.5. The minimum atomic E-state index is -1.29. The molecule has 0 aromatic carbocycles.